The molecule has 0 bridgehead atoms. The van der Waals surface area contributed by atoms with E-state index in [1.807, 2.05) is 13.8 Å². The van der Waals surface area contributed by atoms with Crippen LogP contribution in [0, 0.1) is 5.92 Å². The van der Waals surface area contributed by atoms with Gasteiger partial charge in [-0.25, -0.2) is 0 Å². The van der Waals surface area contributed by atoms with Gasteiger partial charge in [0.25, 0.3) is 5.91 Å². The molecule has 0 spiro atoms. The van der Waals surface area contributed by atoms with E-state index < -0.39 is 6.04 Å². The molecule has 0 radical (unpaired) electrons. The molecule has 5 nitrogen and oxygen atoms in total. The number of hydrogen-bond acceptors (Lipinski definition) is 3. The molecular formula is C16H23N3O2. The zero-order chi connectivity index (χ0) is 15.4. The van der Waals surface area contributed by atoms with E-state index in [-0.39, 0.29) is 11.8 Å². The first kappa shape index (κ1) is 15.5. The van der Waals surface area contributed by atoms with Gasteiger partial charge in [-0.3, -0.25) is 9.59 Å². The maximum Gasteiger partial charge on any atom is 0.251 e. The van der Waals surface area contributed by atoms with E-state index in [9.17, 15) is 9.59 Å². The number of rotatable bonds is 6. The lowest BCUT2D eigenvalue weighted by molar-refractivity contribution is -0.117. The Kier molecular flexibility index (Phi) is 4.96. The predicted molar refractivity (Wildman–Crippen MR) is 83.0 cm³/mol. The first-order chi connectivity index (χ1) is 9.95. The summed E-state index contributed by atoms with van der Waals surface area (Å²) < 4.78 is 0. The van der Waals surface area contributed by atoms with Gasteiger partial charge >= 0.3 is 0 Å². The minimum atomic E-state index is -0.533. The minimum Gasteiger partial charge on any atom is -0.349 e. The minimum absolute atomic E-state index is 0.0972. The zero-order valence-electron chi connectivity index (χ0n) is 12.6. The van der Waals surface area contributed by atoms with E-state index in [0.29, 0.717) is 29.6 Å². The molecule has 1 aromatic carbocycles. The van der Waals surface area contributed by atoms with Gasteiger partial charge in [0.05, 0.1) is 6.04 Å². The molecule has 0 aliphatic heterocycles. The number of benzene rings is 1. The van der Waals surface area contributed by atoms with Crippen LogP contribution in [0.15, 0.2) is 24.3 Å². The molecule has 1 fully saturated rings. The number of carbonyl (C=O) groups is 2. The molecule has 0 heterocycles. The second-order valence-electron chi connectivity index (χ2n) is 6.05. The van der Waals surface area contributed by atoms with Gasteiger partial charge in [-0.05, 0) is 43.4 Å². The van der Waals surface area contributed by atoms with Crippen molar-refractivity contribution in [1.29, 1.82) is 0 Å². The average Bonchev–Trinajstić information content (AvgIpc) is 3.22. The van der Waals surface area contributed by atoms with E-state index >= 15 is 0 Å². The highest BCUT2D eigenvalue weighted by atomic mass is 16.2. The first-order valence-electron chi connectivity index (χ1n) is 7.43. The van der Waals surface area contributed by atoms with Crippen LogP contribution in [0.4, 0.5) is 5.69 Å². The monoisotopic (exact) mass is 289 g/mol. The quantitative estimate of drug-likeness (QED) is 0.747. The summed E-state index contributed by atoms with van der Waals surface area (Å²) in [5.41, 5.74) is 7.00. The van der Waals surface area contributed by atoms with Crippen LogP contribution in [0.2, 0.25) is 0 Å². The Hall–Kier alpha value is -1.88. The predicted octanol–water partition coefficient (Wildman–Crippen LogP) is 1.89. The largest absolute Gasteiger partial charge is 0.349 e. The standard InChI is InChI=1S/C16H23N3O2/c1-10(2)8-14(17)16(21)19-13-5-3-4-11(9-13)15(20)18-12-6-7-12/h3-5,9-10,12,14H,6-8,17H2,1-2H3,(H,18,20)(H,19,21)/t14-/m0/s1. The fraction of sp³-hybridized carbons (Fsp3) is 0.500. The van der Waals surface area contributed by atoms with Gasteiger partial charge in [-0.15, -0.1) is 0 Å². The van der Waals surface area contributed by atoms with Gasteiger partial charge in [0.2, 0.25) is 5.91 Å². The van der Waals surface area contributed by atoms with Crippen LogP contribution in [0.1, 0.15) is 43.5 Å². The molecule has 2 amide bonds. The normalized spacial score (nSPS) is 15.6. The Bertz CT molecular complexity index is 524. The van der Waals surface area contributed by atoms with Crippen molar-refractivity contribution in [2.24, 2.45) is 11.7 Å². The van der Waals surface area contributed by atoms with Crippen LogP contribution >= 0.6 is 0 Å². The number of anilines is 1. The smallest absolute Gasteiger partial charge is 0.251 e. The van der Waals surface area contributed by atoms with Crippen LogP contribution in [0.5, 0.6) is 0 Å². The molecule has 1 saturated carbocycles. The Labute approximate surface area is 125 Å². The fourth-order valence-corrected chi connectivity index (χ4v) is 2.08. The summed E-state index contributed by atoms with van der Waals surface area (Å²) in [4.78, 5) is 23.9. The van der Waals surface area contributed by atoms with E-state index in [0.717, 1.165) is 12.8 Å². The molecule has 21 heavy (non-hydrogen) atoms. The van der Waals surface area contributed by atoms with Gasteiger partial charge in [-0.2, -0.15) is 0 Å². The summed E-state index contributed by atoms with van der Waals surface area (Å²) in [6, 6.07) is 6.71. The van der Waals surface area contributed by atoms with Crippen molar-refractivity contribution in [3.63, 3.8) is 0 Å². The van der Waals surface area contributed by atoms with Crippen molar-refractivity contribution < 1.29 is 9.59 Å². The molecular weight excluding hydrogens is 266 g/mol. The Morgan fingerprint density at radius 2 is 2.05 bits per heavy atom. The van der Waals surface area contributed by atoms with Gasteiger partial charge < -0.3 is 16.4 Å². The SMILES string of the molecule is CC(C)C[C@H](N)C(=O)Nc1cccc(C(=O)NC2CC2)c1. The topological polar surface area (TPSA) is 84.2 Å². The summed E-state index contributed by atoms with van der Waals surface area (Å²) >= 11 is 0. The highest BCUT2D eigenvalue weighted by Gasteiger charge is 2.24. The van der Waals surface area contributed by atoms with Crippen molar-refractivity contribution in [2.45, 2.75) is 45.2 Å². The maximum atomic E-state index is 12.0. The molecule has 0 saturated heterocycles. The van der Waals surface area contributed by atoms with Crippen LogP contribution in [-0.2, 0) is 4.79 Å². The van der Waals surface area contributed by atoms with E-state index in [2.05, 4.69) is 10.6 Å². The maximum absolute atomic E-state index is 12.0. The molecule has 2 rings (SSSR count). The van der Waals surface area contributed by atoms with Gasteiger partial charge in [0.15, 0.2) is 0 Å². The lowest BCUT2D eigenvalue weighted by Crippen LogP contribution is -2.36. The summed E-state index contributed by atoms with van der Waals surface area (Å²) in [7, 11) is 0. The van der Waals surface area contributed by atoms with Crippen molar-refractivity contribution in [3.8, 4) is 0 Å². The van der Waals surface area contributed by atoms with Crippen LogP contribution in [0.3, 0.4) is 0 Å². The number of hydrogen-bond donors (Lipinski definition) is 3. The number of carbonyl (C=O) groups excluding carboxylic acids is 2. The summed E-state index contributed by atoms with van der Waals surface area (Å²) in [6.45, 7) is 4.05. The number of nitrogens with two attached hydrogens (primary N) is 1. The molecule has 4 N–H and O–H groups in total. The lowest BCUT2D eigenvalue weighted by atomic mass is 10.0. The molecule has 0 unspecified atom stereocenters. The molecule has 1 aromatic rings. The summed E-state index contributed by atoms with van der Waals surface area (Å²) in [5, 5.41) is 5.69. The first-order valence-corrected chi connectivity index (χ1v) is 7.43. The van der Waals surface area contributed by atoms with Gasteiger partial charge in [0, 0.05) is 17.3 Å². The second-order valence-corrected chi connectivity index (χ2v) is 6.05. The third kappa shape index (κ3) is 4.86. The average molecular weight is 289 g/mol. The van der Waals surface area contributed by atoms with Crippen molar-refractivity contribution in [3.05, 3.63) is 29.8 Å². The summed E-state index contributed by atoms with van der Waals surface area (Å²) in [5.74, 6) is 0.0462. The lowest BCUT2D eigenvalue weighted by Gasteiger charge is -2.14. The second kappa shape index (κ2) is 6.72. The molecule has 1 aliphatic rings. The van der Waals surface area contributed by atoms with Crippen LogP contribution < -0.4 is 16.4 Å². The fourth-order valence-electron chi connectivity index (χ4n) is 2.08. The van der Waals surface area contributed by atoms with Crippen molar-refractivity contribution in [1.82, 2.24) is 5.32 Å². The molecule has 1 aliphatic carbocycles. The molecule has 114 valence electrons. The van der Waals surface area contributed by atoms with E-state index in [1.54, 1.807) is 24.3 Å². The van der Waals surface area contributed by atoms with Crippen LogP contribution in [0.25, 0.3) is 0 Å². The van der Waals surface area contributed by atoms with E-state index in [1.165, 1.54) is 0 Å². The Morgan fingerprint density at radius 1 is 1.33 bits per heavy atom. The van der Waals surface area contributed by atoms with Crippen molar-refractivity contribution >= 4 is 17.5 Å². The third-order valence-electron chi connectivity index (χ3n) is 3.37. The zero-order valence-corrected chi connectivity index (χ0v) is 12.6. The molecule has 5 heteroatoms. The number of nitrogens with one attached hydrogen (secondary N) is 2. The number of amides is 2. The highest BCUT2D eigenvalue weighted by Crippen LogP contribution is 2.20. The third-order valence-corrected chi connectivity index (χ3v) is 3.37. The van der Waals surface area contributed by atoms with Gasteiger partial charge in [-0.1, -0.05) is 19.9 Å². The summed E-state index contributed by atoms with van der Waals surface area (Å²) in [6.07, 6.45) is 2.73. The van der Waals surface area contributed by atoms with E-state index in [4.69, 9.17) is 5.73 Å². The Balaban J connectivity index is 1.96. The molecule has 0 aromatic heterocycles. The van der Waals surface area contributed by atoms with Gasteiger partial charge in [0.1, 0.15) is 0 Å². The van der Waals surface area contributed by atoms with Crippen LogP contribution in [-0.4, -0.2) is 23.9 Å². The molecule has 1 atom stereocenters. The Morgan fingerprint density at radius 3 is 2.67 bits per heavy atom. The highest BCUT2D eigenvalue weighted by molar-refractivity contribution is 5.98. The van der Waals surface area contributed by atoms with Crippen molar-refractivity contribution in [2.75, 3.05) is 5.32 Å².